The molecule has 0 saturated carbocycles. The smallest absolute Gasteiger partial charge is 2.00 e. The van der Waals surface area contributed by atoms with Crippen molar-refractivity contribution in [2.24, 2.45) is 0 Å². The van der Waals surface area contributed by atoms with Crippen molar-refractivity contribution in [1.29, 1.82) is 0 Å². The fourth-order valence-electron chi connectivity index (χ4n) is 12.6. The standard InChI is InChI=1S/2C39H46BN6.S.2Zn/c2*1-25(2)31-10-16-34(17-11-31)37-22-28(7)44(41-37)40(45-29(8)23-38(42-45)35-18-12-32(13-19-35)26(3)4)46-30(9)24-39(43-46)36-20-14-33(15-21-36)27(5)6;;;/h2*10-27,40H,1-9H3;;;/q2*-1;-2;2*+2. The van der Waals surface area contributed by atoms with E-state index in [1.165, 1.54) is 33.4 Å². The molecule has 6 aromatic heterocycles. The summed E-state index contributed by atoms with van der Waals surface area (Å²) >= 11 is 0. The molecule has 12 nitrogen and oxygen atoms in total. The zero-order valence-corrected chi connectivity index (χ0v) is 66.1. The summed E-state index contributed by atoms with van der Waals surface area (Å²) in [5, 5.41) is 31.5. The van der Waals surface area contributed by atoms with E-state index in [0.29, 0.717) is 35.5 Å². The van der Waals surface area contributed by atoms with E-state index in [-0.39, 0.29) is 52.5 Å². The van der Waals surface area contributed by atoms with Crippen LogP contribution >= 0.6 is 0 Å². The van der Waals surface area contributed by atoms with Gasteiger partial charge in [-0.25, -0.2) is 30.6 Å². The first-order valence-electron chi connectivity index (χ1n) is 33.3. The molecule has 0 fully saturated rings. The molecule has 0 N–H and O–H groups in total. The predicted molar refractivity (Wildman–Crippen MR) is 393 cm³/mol. The van der Waals surface area contributed by atoms with E-state index in [1.807, 2.05) is 0 Å². The van der Waals surface area contributed by atoms with Crippen molar-refractivity contribution in [3.63, 3.8) is 0 Å². The van der Waals surface area contributed by atoms with Gasteiger partial charge in [0.15, 0.2) is 0 Å². The maximum Gasteiger partial charge on any atom is 2.00 e. The fraction of sp³-hybridized carbons (Fsp3) is 0.308. The molecule has 0 aliphatic heterocycles. The van der Waals surface area contributed by atoms with E-state index in [2.05, 4.69) is 334 Å². The zero-order valence-electron chi connectivity index (χ0n) is 59.4. The largest absolute Gasteiger partial charge is 2.00 e. The third kappa shape index (κ3) is 15.9. The molecule has 0 aliphatic carbocycles. The first-order valence-corrected chi connectivity index (χ1v) is 33.3. The summed E-state index contributed by atoms with van der Waals surface area (Å²) in [5.41, 5.74) is 26.7. The van der Waals surface area contributed by atoms with Crippen molar-refractivity contribution in [3.05, 3.63) is 250 Å². The van der Waals surface area contributed by atoms with Crippen molar-refractivity contribution < 1.29 is 39.0 Å². The van der Waals surface area contributed by atoms with Crippen molar-refractivity contribution >= 4 is 27.7 Å². The van der Waals surface area contributed by atoms with E-state index < -0.39 is 14.2 Å². The Morgan fingerprint density at radius 2 is 0.337 bits per heavy atom. The minimum absolute atomic E-state index is 0. The van der Waals surface area contributed by atoms with Crippen LogP contribution in [-0.4, -0.2) is 72.4 Å². The normalized spacial score (nSPS) is 11.6. The summed E-state index contributed by atoms with van der Waals surface area (Å²) in [4.78, 5) is 0. The maximum atomic E-state index is 5.25. The summed E-state index contributed by atoms with van der Waals surface area (Å²) in [7, 11) is -3.22. The summed E-state index contributed by atoms with van der Waals surface area (Å²) in [6.45, 7) is 39.5. The zero-order chi connectivity index (χ0) is 65.4. The van der Waals surface area contributed by atoms with Gasteiger partial charge < -0.3 is 41.1 Å². The van der Waals surface area contributed by atoms with Crippen LogP contribution in [0.4, 0.5) is 0 Å². The molecule has 6 heterocycles. The van der Waals surface area contributed by atoms with Gasteiger partial charge in [0.25, 0.3) is 0 Å². The molecule has 0 atom stereocenters. The SMILES string of the molecule is Cc1cc(-c2ccc(C(C)C)cc2)nn1[BH-](n1nc(-c2ccc(C(C)C)cc2)cc1C)n1nc(-c2ccc(C(C)C)cc2)cc1C.Cc1cc(-c2ccc(C(C)C)cc2)nn1[BH-](n1nc(-c2ccc(C(C)C)cc2)cc1C)n1nc(-c2ccc(C(C)C)cc2)cc1C.[S-2].[Zn+2].[Zn+2]. The van der Waals surface area contributed by atoms with Gasteiger partial charge in [-0.3, -0.25) is 0 Å². The van der Waals surface area contributed by atoms with Crippen LogP contribution in [-0.2, 0) is 52.5 Å². The molecule has 0 aliphatic rings. The number of benzene rings is 6. The molecule has 0 spiro atoms. The number of aryl methyl sites for hydroxylation is 6. The van der Waals surface area contributed by atoms with Crippen LogP contribution in [0.2, 0.25) is 0 Å². The number of aromatic nitrogens is 12. The van der Waals surface area contributed by atoms with Crippen molar-refractivity contribution in [2.45, 2.75) is 160 Å². The Morgan fingerprint density at radius 3 is 0.442 bits per heavy atom. The monoisotopic (exact) mass is 1380 g/mol. The minimum atomic E-state index is -1.61. The van der Waals surface area contributed by atoms with E-state index in [1.54, 1.807) is 0 Å². The van der Waals surface area contributed by atoms with Crippen molar-refractivity contribution in [2.75, 3.05) is 0 Å². The second kappa shape index (κ2) is 31.0. The van der Waals surface area contributed by atoms with Crippen LogP contribution in [0.25, 0.3) is 67.5 Å². The van der Waals surface area contributed by atoms with E-state index >= 15 is 0 Å². The van der Waals surface area contributed by atoms with Crippen LogP contribution in [0.5, 0.6) is 0 Å². The van der Waals surface area contributed by atoms with Crippen molar-refractivity contribution in [1.82, 2.24) is 58.1 Å². The average Bonchev–Trinajstić information content (AvgIpc) is 1.62. The number of nitrogens with zero attached hydrogens (tertiary/aromatic N) is 12. The first-order chi connectivity index (χ1) is 44.0. The molecule has 12 aromatic rings. The van der Waals surface area contributed by atoms with E-state index in [9.17, 15) is 0 Å². The second-order valence-corrected chi connectivity index (χ2v) is 27.5. The van der Waals surface area contributed by atoms with Gasteiger partial charge in [0, 0.05) is 33.4 Å². The van der Waals surface area contributed by atoms with Crippen LogP contribution in [0.3, 0.4) is 0 Å². The Labute approximate surface area is 597 Å². The predicted octanol–water partition coefficient (Wildman–Crippen LogP) is 18.5. The van der Waals surface area contributed by atoms with Crippen LogP contribution in [0, 0.1) is 41.5 Å². The van der Waals surface area contributed by atoms with E-state index in [0.717, 1.165) is 102 Å². The maximum absolute atomic E-state index is 5.25. The van der Waals surface area contributed by atoms with Gasteiger partial charge in [-0.1, -0.05) is 229 Å². The molecule has 0 unspecified atom stereocenters. The summed E-state index contributed by atoms with van der Waals surface area (Å²) in [5.74, 6) is 2.91. The van der Waals surface area contributed by atoms with Crippen LogP contribution in [0.1, 0.15) is 186 Å². The van der Waals surface area contributed by atoms with Crippen LogP contribution in [0.15, 0.2) is 182 Å². The summed E-state index contributed by atoms with van der Waals surface area (Å²) in [6, 6.07) is 65.8. The number of rotatable bonds is 18. The van der Waals surface area contributed by atoms with Gasteiger partial charge in [0.1, 0.15) is 0 Å². The average molecular weight is 1380 g/mol. The van der Waals surface area contributed by atoms with Gasteiger partial charge in [0.05, 0.1) is 34.2 Å². The quantitative estimate of drug-likeness (QED) is 0.0792. The summed E-state index contributed by atoms with van der Waals surface area (Å²) in [6.07, 6.45) is 0. The molecule has 95 heavy (non-hydrogen) atoms. The van der Waals surface area contributed by atoms with Gasteiger partial charge in [0.2, 0.25) is 0 Å². The third-order valence-corrected chi connectivity index (χ3v) is 18.7. The fourth-order valence-corrected chi connectivity index (χ4v) is 12.6. The van der Waals surface area contributed by atoms with Crippen molar-refractivity contribution in [3.8, 4) is 67.5 Å². The summed E-state index contributed by atoms with van der Waals surface area (Å²) < 4.78 is 12.9. The molecule has 480 valence electrons. The van der Waals surface area contributed by atoms with Gasteiger partial charge >= 0.3 is 53.2 Å². The molecule has 0 bridgehead atoms. The number of hydrogen-bond acceptors (Lipinski definition) is 6. The molecule has 0 amide bonds. The number of hydrogen-bond donors (Lipinski definition) is 0. The third-order valence-electron chi connectivity index (χ3n) is 18.7. The Balaban J connectivity index is 0.000000236. The Kier molecular flexibility index (Phi) is 23.9. The molecule has 12 rings (SSSR count). The Bertz CT molecular complexity index is 3730. The topological polar surface area (TPSA) is 107 Å². The molecular formula is C78H92B2N12SZn2. The molecule has 6 aromatic carbocycles. The van der Waals surface area contributed by atoms with Gasteiger partial charge in [-0.05, 0) is 181 Å². The van der Waals surface area contributed by atoms with E-state index in [4.69, 9.17) is 30.6 Å². The van der Waals surface area contributed by atoms with Crippen LogP contribution < -0.4 is 0 Å². The first kappa shape index (κ1) is 73.1. The van der Waals surface area contributed by atoms with Gasteiger partial charge in [-0.2, -0.15) is 0 Å². The Hall–Kier alpha value is -7.69. The second-order valence-electron chi connectivity index (χ2n) is 27.5. The molecule has 0 radical (unpaired) electrons. The van der Waals surface area contributed by atoms with Gasteiger partial charge in [-0.15, -0.1) is 0 Å². The molecule has 17 heteroatoms. The molecule has 0 saturated heterocycles. The Morgan fingerprint density at radius 1 is 0.221 bits per heavy atom. The molecular weight excluding hydrogens is 1290 g/mol. The minimum Gasteiger partial charge on any atom is -2.00 e.